The molecule has 2 nitrogen and oxygen atoms in total. The minimum atomic E-state index is -3.66. The van der Waals surface area contributed by atoms with E-state index in [1.165, 1.54) is 6.08 Å². The molecule has 1 rings (SSSR count). The molecule has 0 aliphatic rings. The molecule has 4 heteroatoms. The normalized spacial score (nSPS) is 14.4. The standard InChI is InChI=1S/C13H17ClO2S/c1-5-12(17(14,15)16)10-6-8-11(9-7-10)13(2,3)4/h5-9,12H,1H2,2-4H3. The van der Waals surface area contributed by atoms with Crippen LogP contribution in [0.25, 0.3) is 0 Å². The summed E-state index contributed by atoms with van der Waals surface area (Å²) in [5, 5.41) is -0.849. The van der Waals surface area contributed by atoms with E-state index in [0.29, 0.717) is 5.56 Å². The van der Waals surface area contributed by atoms with E-state index < -0.39 is 14.3 Å². The lowest BCUT2D eigenvalue weighted by Gasteiger charge is -2.19. The lowest BCUT2D eigenvalue weighted by atomic mass is 9.86. The summed E-state index contributed by atoms with van der Waals surface area (Å²) in [4.78, 5) is 0. The molecule has 0 fully saturated rings. The maximum absolute atomic E-state index is 11.3. The smallest absolute Gasteiger partial charge is 0.211 e. The number of rotatable bonds is 3. The molecule has 0 aromatic heterocycles. The van der Waals surface area contributed by atoms with E-state index in [1.54, 1.807) is 12.1 Å². The van der Waals surface area contributed by atoms with E-state index in [-0.39, 0.29) is 5.41 Å². The molecule has 0 saturated heterocycles. The summed E-state index contributed by atoms with van der Waals surface area (Å²) in [5.41, 5.74) is 1.83. The highest BCUT2D eigenvalue weighted by atomic mass is 35.7. The largest absolute Gasteiger partial charge is 0.243 e. The molecule has 0 spiro atoms. The second-order valence-corrected chi connectivity index (χ2v) is 7.75. The summed E-state index contributed by atoms with van der Waals surface area (Å²) >= 11 is 0. The van der Waals surface area contributed by atoms with Gasteiger partial charge >= 0.3 is 0 Å². The van der Waals surface area contributed by atoms with Gasteiger partial charge in [0.05, 0.1) is 0 Å². The Morgan fingerprint density at radius 1 is 1.24 bits per heavy atom. The first-order valence-electron chi connectivity index (χ1n) is 5.32. The molecule has 0 amide bonds. The molecule has 0 bridgehead atoms. The van der Waals surface area contributed by atoms with Crippen LogP contribution in [0, 0.1) is 0 Å². The number of benzene rings is 1. The molecule has 0 radical (unpaired) electrons. The molecule has 1 aromatic carbocycles. The summed E-state index contributed by atoms with van der Waals surface area (Å²) in [6.45, 7) is 9.82. The van der Waals surface area contributed by atoms with Crippen molar-refractivity contribution >= 4 is 19.7 Å². The summed E-state index contributed by atoms with van der Waals surface area (Å²) in [6.07, 6.45) is 1.34. The van der Waals surface area contributed by atoms with Crippen molar-refractivity contribution in [3.8, 4) is 0 Å². The Bertz CT molecular complexity index is 495. The van der Waals surface area contributed by atoms with Gasteiger partial charge in [0.2, 0.25) is 9.05 Å². The molecule has 1 unspecified atom stereocenters. The maximum Gasteiger partial charge on any atom is 0.243 e. The van der Waals surface area contributed by atoms with Crippen molar-refractivity contribution in [2.75, 3.05) is 0 Å². The molecule has 0 aliphatic heterocycles. The average molecular weight is 273 g/mol. The maximum atomic E-state index is 11.3. The molecule has 17 heavy (non-hydrogen) atoms. The van der Waals surface area contributed by atoms with Crippen LogP contribution in [0.2, 0.25) is 0 Å². The zero-order valence-electron chi connectivity index (χ0n) is 10.3. The Morgan fingerprint density at radius 2 is 1.71 bits per heavy atom. The summed E-state index contributed by atoms with van der Waals surface area (Å²) in [5.74, 6) is 0. The number of hydrogen-bond acceptors (Lipinski definition) is 2. The molecule has 94 valence electrons. The first-order chi connectivity index (χ1) is 7.66. The Hall–Kier alpha value is -0.800. The van der Waals surface area contributed by atoms with Crippen molar-refractivity contribution in [1.82, 2.24) is 0 Å². The highest BCUT2D eigenvalue weighted by Crippen LogP contribution is 2.29. The van der Waals surface area contributed by atoms with Crippen molar-refractivity contribution in [3.63, 3.8) is 0 Å². The van der Waals surface area contributed by atoms with E-state index >= 15 is 0 Å². The van der Waals surface area contributed by atoms with Gasteiger partial charge in [-0.3, -0.25) is 0 Å². The minimum Gasteiger partial charge on any atom is -0.211 e. The third-order valence-corrected chi connectivity index (χ3v) is 4.27. The predicted octanol–water partition coefficient (Wildman–Crippen LogP) is 3.78. The van der Waals surface area contributed by atoms with Crippen LogP contribution in [-0.2, 0) is 14.5 Å². The molecule has 1 aromatic rings. The minimum absolute atomic E-state index is 0.0437. The van der Waals surface area contributed by atoms with Crippen molar-refractivity contribution < 1.29 is 8.42 Å². The van der Waals surface area contributed by atoms with E-state index in [9.17, 15) is 8.42 Å². The van der Waals surface area contributed by atoms with Gasteiger partial charge < -0.3 is 0 Å². The van der Waals surface area contributed by atoms with Gasteiger partial charge in [-0.05, 0) is 16.5 Å². The highest BCUT2D eigenvalue weighted by molar-refractivity contribution is 8.14. The number of hydrogen-bond donors (Lipinski definition) is 0. The molecule has 0 aliphatic carbocycles. The molecular formula is C13H17ClO2S. The fraction of sp³-hybridized carbons (Fsp3) is 0.385. The van der Waals surface area contributed by atoms with E-state index in [2.05, 4.69) is 27.4 Å². The third kappa shape index (κ3) is 3.58. The SMILES string of the molecule is C=CC(c1ccc(C(C)(C)C)cc1)S(=O)(=O)Cl. The Balaban J connectivity index is 3.15. The Morgan fingerprint density at radius 3 is 2.00 bits per heavy atom. The van der Waals surface area contributed by atoms with Crippen LogP contribution in [-0.4, -0.2) is 8.42 Å². The van der Waals surface area contributed by atoms with Crippen molar-refractivity contribution in [2.24, 2.45) is 0 Å². The lowest BCUT2D eigenvalue weighted by molar-refractivity contribution is 0.590. The van der Waals surface area contributed by atoms with Crippen LogP contribution in [0.3, 0.4) is 0 Å². The molecule has 1 atom stereocenters. The molecule has 0 N–H and O–H groups in total. The summed E-state index contributed by atoms with van der Waals surface area (Å²) in [7, 11) is 1.70. The molecule has 0 saturated carbocycles. The average Bonchev–Trinajstić information content (AvgIpc) is 2.16. The predicted molar refractivity (Wildman–Crippen MR) is 72.9 cm³/mol. The van der Waals surface area contributed by atoms with Crippen LogP contribution >= 0.6 is 10.7 Å². The van der Waals surface area contributed by atoms with Crippen LogP contribution < -0.4 is 0 Å². The van der Waals surface area contributed by atoms with Gasteiger partial charge in [-0.25, -0.2) is 8.42 Å². The quantitative estimate of drug-likeness (QED) is 0.620. The fourth-order valence-electron chi connectivity index (χ4n) is 1.59. The molecular weight excluding hydrogens is 256 g/mol. The second-order valence-electron chi connectivity index (χ2n) is 5.00. The summed E-state index contributed by atoms with van der Waals surface area (Å²) < 4.78 is 22.7. The first-order valence-corrected chi connectivity index (χ1v) is 7.70. The van der Waals surface area contributed by atoms with Crippen molar-refractivity contribution in [3.05, 3.63) is 48.0 Å². The third-order valence-electron chi connectivity index (χ3n) is 2.62. The second kappa shape index (κ2) is 4.83. The van der Waals surface area contributed by atoms with Crippen LogP contribution in [0.15, 0.2) is 36.9 Å². The van der Waals surface area contributed by atoms with Crippen LogP contribution in [0.4, 0.5) is 0 Å². The van der Waals surface area contributed by atoms with E-state index in [0.717, 1.165) is 5.56 Å². The van der Waals surface area contributed by atoms with Gasteiger partial charge in [-0.2, -0.15) is 0 Å². The zero-order chi connectivity index (χ0) is 13.3. The topological polar surface area (TPSA) is 34.1 Å². The fourth-order valence-corrected chi connectivity index (χ4v) is 2.83. The van der Waals surface area contributed by atoms with E-state index in [4.69, 9.17) is 10.7 Å². The lowest BCUT2D eigenvalue weighted by Crippen LogP contribution is -2.11. The highest BCUT2D eigenvalue weighted by Gasteiger charge is 2.22. The van der Waals surface area contributed by atoms with Gasteiger partial charge in [0.1, 0.15) is 5.25 Å². The van der Waals surface area contributed by atoms with Crippen LogP contribution in [0.1, 0.15) is 37.1 Å². The van der Waals surface area contributed by atoms with Gasteiger partial charge in [0.25, 0.3) is 0 Å². The Kier molecular flexibility index (Phi) is 4.05. The van der Waals surface area contributed by atoms with Crippen molar-refractivity contribution in [1.29, 1.82) is 0 Å². The van der Waals surface area contributed by atoms with Gasteiger partial charge in [0, 0.05) is 10.7 Å². The van der Waals surface area contributed by atoms with Crippen molar-refractivity contribution in [2.45, 2.75) is 31.4 Å². The number of halogens is 1. The summed E-state index contributed by atoms with van der Waals surface area (Å²) in [6, 6.07) is 7.42. The van der Waals surface area contributed by atoms with Crippen LogP contribution in [0.5, 0.6) is 0 Å². The Labute approximate surface area is 108 Å². The van der Waals surface area contributed by atoms with Gasteiger partial charge in [-0.1, -0.05) is 51.1 Å². The first kappa shape index (κ1) is 14.3. The van der Waals surface area contributed by atoms with Gasteiger partial charge in [0.15, 0.2) is 0 Å². The molecule has 0 heterocycles. The van der Waals surface area contributed by atoms with Gasteiger partial charge in [-0.15, -0.1) is 6.58 Å². The zero-order valence-corrected chi connectivity index (χ0v) is 11.8. The monoisotopic (exact) mass is 272 g/mol. The van der Waals surface area contributed by atoms with E-state index in [1.807, 2.05) is 12.1 Å².